The second-order valence-electron chi connectivity index (χ2n) is 3.20. The molecule has 0 atom stereocenters. The molecule has 0 spiro atoms. The van der Waals surface area contributed by atoms with Crippen molar-refractivity contribution in [3.63, 3.8) is 0 Å². The number of aromatic nitrogens is 1. The van der Waals surface area contributed by atoms with Gasteiger partial charge >= 0.3 is 0 Å². The van der Waals surface area contributed by atoms with Crippen molar-refractivity contribution < 1.29 is 4.79 Å². The van der Waals surface area contributed by atoms with Crippen LogP contribution in [0.1, 0.15) is 19.3 Å². The number of hydrogen-bond acceptors (Lipinski definition) is 2. The monoisotopic (exact) mass is 210 g/mol. The standard InChI is InChI=1S/C10H14N2OS/c11-10(13)3-1-2-6-12-7-4-9(14)5-8-12/h4-5,7-8H,1-3,6H2,(H2,11,13). The molecule has 0 aliphatic heterocycles. The second kappa shape index (κ2) is 5.54. The molecule has 1 heterocycles. The number of amides is 1. The summed E-state index contributed by atoms with van der Waals surface area (Å²) in [6, 6.07) is 3.78. The molecular weight excluding hydrogens is 196 g/mol. The number of primary amides is 1. The molecule has 76 valence electrons. The minimum atomic E-state index is -0.226. The first-order valence-corrected chi connectivity index (χ1v) is 5.04. The van der Waals surface area contributed by atoms with Crippen molar-refractivity contribution in [3.8, 4) is 0 Å². The summed E-state index contributed by atoms with van der Waals surface area (Å²) in [4.78, 5) is 10.5. The van der Waals surface area contributed by atoms with Crippen LogP contribution in [0.3, 0.4) is 0 Å². The molecule has 0 saturated carbocycles. The Kier molecular flexibility index (Phi) is 4.32. The molecule has 0 radical (unpaired) electrons. The van der Waals surface area contributed by atoms with Crippen LogP contribution in [0.25, 0.3) is 0 Å². The summed E-state index contributed by atoms with van der Waals surface area (Å²) in [6.07, 6.45) is 6.18. The van der Waals surface area contributed by atoms with E-state index in [1.807, 2.05) is 24.5 Å². The van der Waals surface area contributed by atoms with Gasteiger partial charge in [0, 0.05) is 29.9 Å². The van der Waals surface area contributed by atoms with Crippen LogP contribution < -0.4 is 5.73 Å². The van der Waals surface area contributed by atoms with E-state index in [2.05, 4.69) is 4.57 Å². The summed E-state index contributed by atoms with van der Waals surface area (Å²) in [5.41, 5.74) is 5.03. The Balaban J connectivity index is 2.28. The molecule has 0 unspecified atom stereocenters. The van der Waals surface area contributed by atoms with Crippen molar-refractivity contribution in [2.75, 3.05) is 0 Å². The second-order valence-corrected chi connectivity index (χ2v) is 3.67. The zero-order valence-electron chi connectivity index (χ0n) is 7.98. The van der Waals surface area contributed by atoms with Crippen LogP contribution in [0.15, 0.2) is 24.5 Å². The molecule has 14 heavy (non-hydrogen) atoms. The number of rotatable bonds is 5. The van der Waals surface area contributed by atoms with Crippen molar-refractivity contribution in [2.24, 2.45) is 5.73 Å². The number of nitrogens with two attached hydrogens (primary N) is 1. The van der Waals surface area contributed by atoms with E-state index in [1.54, 1.807) is 0 Å². The van der Waals surface area contributed by atoms with Gasteiger partial charge in [0.15, 0.2) is 0 Å². The average molecular weight is 210 g/mol. The molecule has 1 aromatic rings. The van der Waals surface area contributed by atoms with Crippen molar-refractivity contribution in [3.05, 3.63) is 29.0 Å². The highest BCUT2D eigenvalue weighted by Gasteiger charge is 1.94. The Hall–Kier alpha value is -1.16. The lowest BCUT2D eigenvalue weighted by molar-refractivity contribution is -0.118. The Morgan fingerprint density at radius 1 is 1.36 bits per heavy atom. The van der Waals surface area contributed by atoms with Crippen LogP contribution in [0.2, 0.25) is 0 Å². The van der Waals surface area contributed by atoms with E-state index in [4.69, 9.17) is 18.0 Å². The number of unbranched alkanes of at least 4 members (excludes halogenated alkanes) is 1. The third-order valence-corrected chi connectivity index (χ3v) is 2.22. The van der Waals surface area contributed by atoms with Gasteiger partial charge in [-0.25, -0.2) is 0 Å². The molecule has 0 saturated heterocycles. The number of aryl methyl sites for hydroxylation is 1. The smallest absolute Gasteiger partial charge is 0.217 e. The molecule has 3 nitrogen and oxygen atoms in total. The molecule has 1 rings (SSSR count). The Labute approximate surface area is 88.5 Å². The van der Waals surface area contributed by atoms with E-state index in [0.717, 1.165) is 23.9 Å². The van der Waals surface area contributed by atoms with Gasteiger partial charge in [0.05, 0.1) is 0 Å². The van der Waals surface area contributed by atoms with E-state index in [1.165, 1.54) is 0 Å². The first-order valence-electron chi connectivity index (χ1n) is 4.63. The molecule has 1 amide bonds. The summed E-state index contributed by atoms with van der Waals surface area (Å²) in [5.74, 6) is -0.226. The van der Waals surface area contributed by atoms with Crippen LogP contribution in [0, 0.1) is 4.51 Å². The van der Waals surface area contributed by atoms with Gasteiger partial charge in [0.2, 0.25) is 5.91 Å². The maximum atomic E-state index is 10.5. The van der Waals surface area contributed by atoms with Crippen LogP contribution in [-0.4, -0.2) is 10.5 Å². The predicted octanol–water partition coefficient (Wildman–Crippen LogP) is 1.87. The fourth-order valence-corrected chi connectivity index (χ4v) is 1.31. The molecular formula is C10H14N2OS. The topological polar surface area (TPSA) is 48.0 Å². The van der Waals surface area contributed by atoms with Crippen LogP contribution in [0.4, 0.5) is 0 Å². The molecule has 0 aromatic carbocycles. The van der Waals surface area contributed by atoms with Crippen LogP contribution in [0.5, 0.6) is 0 Å². The van der Waals surface area contributed by atoms with E-state index in [0.29, 0.717) is 6.42 Å². The van der Waals surface area contributed by atoms with E-state index in [9.17, 15) is 4.79 Å². The van der Waals surface area contributed by atoms with Crippen molar-refractivity contribution in [2.45, 2.75) is 25.8 Å². The highest BCUT2D eigenvalue weighted by Crippen LogP contribution is 1.99. The summed E-state index contributed by atoms with van der Waals surface area (Å²) in [5, 5.41) is 0. The lowest BCUT2D eigenvalue weighted by atomic mass is 10.2. The quantitative estimate of drug-likeness (QED) is 0.596. The van der Waals surface area contributed by atoms with Gasteiger partial charge in [-0.2, -0.15) is 0 Å². The molecule has 1 aromatic heterocycles. The normalized spacial score (nSPS) is 10.0. The lowest BCUT2D eigenvalue weighted by Crippen LogP contribution is -2.10. The zero-order chi connectivity index (χ0) is 10.4. The van der Waals surface area contributed by atoms with E-state index < -0.39 is 0 Å². The third-order valence-electron chi connectivity index (χ3n) is 1.95. The van der Waals surface area contributed by atoms with Gasteiger partial charge < -0.3 is 10.3 Å². The number of nitrogens with zero attached hydrogens (tertiary/aromatic N) is 1. The first kappa shape index (κ1) is 10.9. The van der Waals surface area contributed by atoms with E-state index >= 15 is 0 Å². The van der Waals surface area contributed by atoms with Gasteiger partial charge in [-0.05, 0) is 25.0 Å². The fraction of sp³-hybridized carbons (Fsp3) is 0.400. The van der Waals surface area contributed by atoms with E-state index in [-0.39, 0.29) is 5.91 Å². The lowest BCUT2D eigenvalue weighted by Gasteiger charge is -2.04. The zero-order valence-corrected chi connectivity index (χ0v) is 8.80. The van der Waals surface area contributed by atoms with Gasteiger partial charge in [-0.15, -0.1) is 0 Å². The van der Waals surface area contributed by atoms with Gasteiger partial charge in [-0.3, -0.25) is 4.79 Å². The Morgan fingerprint density at radius 2 is 2.00 bits per heavy atom. The van der Waals surface area contributed by atoms with Gasteiger partial charge in [0.25, 0.3) is 0 Å². The number of pyridine rings is 1. The van der Waals surface area contributed by atoms with Crippen LogP contribution >= 0.6 is 12.2 Å². The maximum absolute atomic E-state index is 10.5. The average Bonchev–Trinajstić information content (AvgIpc) is 2.15. The highest BCUT2D eigenvalue weighted by molar-refractivity contribution is 7.71. The first-order chi connectivity index (χ1) is 6.68. The summed E-state index contributed by atoms with van der Waals surface area (Å²) in [6.45, 7) is 0.906. The third kappa shape index (κ3) is 4.18. The fourth-order valence-electron chi connectivity index (χ4n) is 1.19. The minimum Gasteiger partial charge on any atom is -0.370 e. The highest BCUT2D eigenvalue weighted by atomic mass is 32.1. The molecule has 0 aliphatic carbocycles. The van der Waals surface area contributed by atoms with Gasteiger partial charge in [-0.1, -0.05) is 12.2 Å². The molecule has 4 heteroatoms. The number of carbonyl (C=O) groups is 1. The number of hydrogen-bond donors (Lipinski definition) is 1. The molecule has 0 aliphatic rings. The Morgan fingerprint density at radius 3 is 2.57 bits per heavy atom. The number of carbonyl (C=O) groups excluding carboxylic acids is 1. The molecule has 0 fully saturated rings. The Bertz CT molecular complexity index is 339. The van der Waals surface area contributed by atoms with Crippen molar-refractivity contribution in [1.29, 1.82) is 0 Å². The SMILES string of the molecule is NC(=O)CCCCn1ccc(=S)cc1. The van der Waals surface area contributed by atoms with Gasteiger partial charge in [0.1, 0.15) is 0 Å². The van der Waals surface area contributed by atoms with Crippen LogP contribution in [-0.2, 0) is 11.3 Å². The minimum absolute atomic E-state index is 0.226. The molecule has 2 N–H and O–H groups in total. The summed E-state index contributed by atoms with van der Waals surface area (Å²) in [7, 11) is 0. The predicted molar refractivity (Wildman–Crippen MR) is 58.3 cm³/mol. The van der Waals surface area contributed by atoms with Crippen molar-refractivity contribution >= 4 is 18.1 Å². The van der Waals surface area contributed by atoms with Crippen molar-refractivity contribution in [1.82, 2.24) is 4.57 Å². The molecule has 0 bridgehead atoms. The largest absolute Gasteiger partial charge is 0.370 e. The maximum Gasteiger partial charge on any atom is 0.217 e. The summed E-state index contributed by atoms with van der Waals surface area (Å²) >= 11 is 4.97. The summed E-state index contributed by atoms with van der Waals surface area (Å²) < 4.78 is 2.90.